The van der Waals surface area contributed by atoms with Crippen LogP contribution in [0, 0.1) is 5.82 Å². The van der Waals surface area contributed by atoms with Crippen molar-refractivity contribution in [3.8, 4) is 5.75 Å². The highest BCUT2D eigenvalue weighted by atomic mass is 19.1. The maximum Gasteiger partial charge on any atom is 0.165 e. The van der Waals surface area contributed by atoms with Gasteiger partial charge in [0, 0.05) is 13.1 Å². The van der Waals surface area contributed by atoms with Crippen LogP contribution in [0.3, 0.4) is 0 Å². The Morgan fingerprint density at radius 1 is 1.44 bits per heavy atom. The molecule has 90 valence electrons. The standard InChI is InChI=1S/C12H18FNO2/c1-3-12(2,16)8-14-7-9-4-5-11(15)10(13)6-9/h4-6,14-16H,3,7-8H2,1-2H3. The van der Waals surface area contributed by atoms with Gasteiger partial charge in [-0.3, -0.25) is 0 Å². The number of halogens is 1. The Morgan fingerprint density at radius 2 is 2.12 bits per heavy atom. The molecule has 0 fully saturated rings. The molecular formula is C12H18FNO2. The summed E-state index contributed by atoms with van der Waals surface area (Å²) in [7, 11) is 0. The maximum absolute atomic E-state index is 13.0. The van der Waals surface area contributed by atoms with Gasteiger partial charge in [0.25, 0.3) is 0 Å². The summed E-state index contributed by atoms with van der Waals surface area (Å²) in [5, 5.41) is 21.8. The Hall–Kier alpha value is -1.13. The molecule has 0 amide bonds. The van der Waals surface area contributed by atoms with Crippen molar-refractivity contribution in [2.45, 2.75) is 32.4 Å². The Bertz CT molecular complexity index is 353. The van der Waals surface area contributed by atoms with Crippen LogP contribution in [0.1, 0.15) is 25.8 Å². The maximum atomic E-state index is 13.0. The first-order valence-electron chi connectivity index (χ1n) is 5.35. The molecule has 0 aromatic heterocycles. The number of benzene rings is 1. The number of rotatable bonds is 5. The van der Waals surface area contributed by atoms with Gasteiger partial charge in [0.15, 0.2) is 11.6 Å². The number of aliphatic hydroxyl groups is 1. The van der Waals surface area contributed by atoms with Crippen molar-refractivity contribution >= 4 is 0 Å². The highest BCUT2D eigenvalue weighted by Crippen LogP contribution is 2.16. The molecule has 0 bridgehead atoms. The number of phenols is 1. The quantitative estimate of drug-likeness (QED) is 0.718. The third kappa shape index (κ3) is 3.79. The Labute approximate surface area is 94.9 Å². The van der Waals surface area contributed by atoms with E-state index in [4.69, 9.17) is 5.11 Å². The Morgan fingerprint density at radius 3 is 2.69 bits per heavy atom. The van der Waals surface area contributed by atoms with Gasteiger partial charge in [0.1, 0.15) is 0 Å². The molecule has 3 nitrogen and oxygen atoms in total. The smallest absolute Gasteiger partial charge is 0.165 e. The molecule has 16 heavy (non-hydrogen) atoms. The van der Waals surface area contributed by atoms with Crippen molar-refractivity contribution in [3.05, 3.63) is 29.6 Å². The second kappa shape index (κ2) is 5.27. The predicted octanol–water partition coefficient (Wildman–Crippen LogP) is 1.78. The summed E-state index contributed by atoms with van der Waals surface area (Å²) < 4.78 is 13.0. The van der Waals surface area contributed by atoms with Crippen LogP contribution in [0.25, 0.3) is 0 Å². The molecule has 0 spiro atoms. The van der Waals surface area contributed by atoms with Crippen LogP contribution in [0.5, 0.6) is 5.75 Å². The lowest BCUT2D eigenvalue weighted by Gasteiger charge is -2.21. The van der Waals surface area contributed by atoms with Gasteiger partial charge in [0.2, 0.25) is 0 Å². The number of aromatic hydroxyl groups is 1. The van der Waals surface area contributed by atoms with Gasteiger partial charge in [-0.15, -0.1) is 0 Å². The Kier molecular flexibility index (Phi) is 4.26. The van der Waals surface area contributed by atoms with E-state index in [1.165, 1.54) is 12.1 Å². The first-order valence-corrected chi connectivity index (χ1v) is 5.35. The number of phenolic OH excluding ortho intramolecular Hbond substituents is 1. The zero-order valence-electron chi connectivity index (χ0n) is 9.63. The van der Waals surface area contributed by atoms with E-state index in [1.54, 1.807) is 13.0 Å². The van der Waals surface area contributed by atoms with Gasteiger partial charge in [-0.25, -0.2) is 4.39 Å². The molecule has 3 N–H and O–H groups in total. The SMILES string of the molecule is CCC(C)(O)CNCc1ccc(O)c(F)c1. The highest BCUT2D eigenvalue weighted by Gasteiger charge is 2.16. The molecule has 0 radical (unpaired) electrons. The minimum atomic E-state index is -0.741. The molecule has 0 aliphatic rings. The summed E-state index contributed by atoms with van der Waals surface area (Å²) in [5.74, 6) is -0.967. The van der Waals surface area contributed by atoms with Crippen LogP contribution < -0.4 is 5.32 Å². The number of hydrogen-bond donors (Lipinski definition) is 3. The number of hydrogen-bond acceptors (Lipinski definition) is 3. The van der Waals surface area contributed by atoms with Gasteiger partial charge < -0.3 is 15.5 Å². The molecule has 0 aliphatic heterocycles. The average Bonchev–Trinajstić information content (AvgIpc) is 2.23. The van der Waals surface area contributed by atoms with Crippen molar-refractivity contribution in [1.82, 2.24) is 5.32 Å². The van der Waals surface area contributed by atoms with Crippen LogP contribution in [-0.4, -0.2) is 22.4 Å². The highest BCUT2D eigenvalue weighted by molar-refractivity contribution is 5.27. The molecule has 1 rings (SSSR count). The van der Waals surface area contributed by atoms with Crippen LogP contribution in [-0.2, 0) is 6.54 Å². The van der Waals surface area contributed by atoms with Crippen molar-refractivity contribution in [2.75, 3.05) is 6.54 Å². The second-order valence-electron chi connectivity index (χ2n) is 4.24. The largest absolute Gasteiger partial charge is 0.505 e. The van der Waals surface area contributed by atoms with Gasteiger partial charge in [-0.2, -0.15) is 0 Å². The molecule has 0 heterocycles. The molecule has 0 aliphatic carbocycles. The molecule has 1 unspecified atom stereocenters. The van der Waals surface area contributed by atoms with E-state index in [9.17, 15) is 9.50 Å². The Balaban J connectivity index is 2.46. The summed E-state index contributed by atoms with van der Waals surface area (Å²) in [4.78, 5) is 0. The first kappa shape index (κ1) is 12.9. The molecule has 1 atom stereocenters. The third-order valence-corrected chi connectivity index (χ3v) is 2.61. The average molecular weight is 227 g/mol. The van der Waals surface area contributed by atoms with Crippen molar-refractivity contribution in [2.24, 2.45) is 0 Å². The van der Waals surface area contributed by atoms with Crippen LogP contribution in [0.4, 0.5) is 4.39 Å². The van der Waals surface area contributed by atoms with Crippen molar-refractivity contribution < 1.29 is 14.6 Å². The zero-order valence-corrected chi connectivity index (χ0v) is 9.63. The zero-order chi connectivity index (χ0) is 12.2. The lowest BCUT2D eigenvalue weighted by Crippen LogP contribution is -2.36. The first-order chi connectivity index (χ1) is 7.44. The molecule has 4 heteroatoms. The fourth-order valence-electron chi connectivity index (χ4n) is 1.26. The number of nitrogens with one attached hydrogen (secondary N) is 1. The topological polar surface area (TPSA) is 52.5 Å². The minimum Gasteiger partial charge on any atom is -0.505 e. The predicted molar refractivity (Wildman–Crippen MR) is 60.7 cm³/mol. The van der Waals surface area contributed by atoms with Gasteiger partial charge >= 0.3 is 0 Å². The lowest BCUT2D eigenvalue weighted by molar-refractivity contribution is 0.0555. The summed E-state index contributed by atoms with van der Waals surface area (Å²) in [6.07, 6.45) is 0.657. The molecule has 0 saturated carbocycles. The van der Waals surface area contributed by atoms with E-state index in [0.29, 0.717) is 19.5 Å². The van der Waals surface area contributed by atoms with Gasteiger partial charge in [0.05, 0.1) is 5.60 Å². The van der Waals surface area contributed by atoms with E-state index < -0.39 is 11.4 Å². The van der Waals surface area contributed by atoms with Crippen molar-refractivity contribution in [3.63, 3.8) is 0 Å². The normalized spacial score (nSPS) is 14.8. The van der Waals surface area contributed by atoms with E-state index in [-0.39, 0.29) is 5.75 Å². The second-order valence-corrected chi connectivity index (χ2v) is 4.24. The lowest BCUT2D eigenvalue weighted by atomic mass is 10.0. The molecule has 0 saturated heterocycles. The fraction of sp³-hybridized carbons (Fsp3) is 0.500. The third-order valence-electron chi connectivity index (χ3n) is 2.61. The van der Waals surface area contributed by atoms with Crippen LogP contribution in [0.2, 0.25) is 0 Å². The van der Waals surface area contributed by atoms with Gasteiger partial charge in [-0.05, 0) is 31.0 Å². The fourth-order valence-corrected chi connectivity index (χ4v) is 1.26. The minimum absolute atomic E-state index is 0.343. The summed E-state index contributed by atoms with van der Waals surface area (Å²) in [5.41, 5.74) is -0.00246. The van der Waals surface area contributed by atoms with Crippen molar-refractivity contribution in [1.29, 1.82) is 0 Å². The van der Waals surface area contributed by atoms with Crippen LogP contribution >= 0.6 is 0 Å². The summed E-state index contributed by atoms with van der Waals surface area (Å²) in [6.45, 7) is 4.57. The molecular weight excluding hydrogens is 209 g/mol. The molecule has 1 aromatic rings. The summed E-state index contributed by atoms with van der Waals surface area (Å²) >= 11 is 0. The van der Waals surface area contributed by atoms with Crippen LogP contribution in [0.15, 0.2) is 18.2 Å². The monoisotopic (exact) mass is 227 g/mol. The molecule has 1 aromatic carbocycles. The van der Waals surface area contributed by atoms with E-state index >= 15 is 0 Å². The van der Waals surface area contributed by atoms with Gasteiger partial charge in [-0.1, -0.05) is 13.0 Å². The van der Waals surface area contributed by atoms with E-state index in [1.807, 2.05) is 6.92 Å². The van der Waals surface area contributed by atoms with E-state index in [2.05, 4.69) is 5.32 Å². The van der Waals surface area contributed by atoms with E-state index in [0.717, 1.165) is 5.56 Å². The summed E-state index contributed by atoms with van der Waals surface area (Å²) in [6, 6.07) is 4.25.